The highest BCUT2D eigenvalue weighted by Gasteiger charge is 2.33. The van der Waals surface area contributed by atoms with Gasteiger partial charge < -0.3 is 4.84 Å². The first-order chi connectivity index (χ1) is 8.49. The Labute approximate surface area is 116 Å². The van der Waals surface area contributed by atoms with Gasteiger partial charge >= 0.3 is 5.97 Å². The maximum absolute atomic E-state index is 11.8. The molecule has 0 bridgehead atoms. The van der Waals surface area contributed by atoms with Crippen LogP contribution >= 0.6 is 27.5 Å². The van der Waals surface area contributed by atoms with Crippen LogP contribution < -0.4 is 0 Å². The van der Waals surface area contributed by atoms with Crippen LogP contribution in [0.4, 0.5) is 0 Å². The van der Waals surface area contributed by atoms with Crippen LogP contribution in [0, 0.1) is 0 Å². The molecule has 1 aliphatic heterocycles. The van der Waals surface area contributed by atoms with Crippen molar-refractivity contribution in [2.24, 2.45) is 0 Å². The number of hydrogen-bond acceptors (Lipinski definition) is 4. The third-order valence-corrected chi connectivity index (χ3v) is 3.25. The zero-order chi connectivity index (χ0) is 13.3. The van der Waals surface area contributed by atoms with Crippen molar-refractivity contribution in [3.05, 3.63) is 33.3 Å². The van der Waals surface area contributed by atoms with E-state index in [4.69, 9.17) is 16.4 Å². The summed E-state index contributed by atoms with van der Waals surface area (Å²) in [7, 11) is 0. The van der Waals surface area contributed by atoms with Crippen LogP contribution in [0.3, 0.4) is 0 Å². The van der Waals surface area contributed by atoms with Gasteiger partial charge in [0.05, 0.1) is 5.56 Å². The summed E-state index contributed by atoms with van der Waals surface area (Å²) in [6, 6.07) is 4.56. The summed E-state index contributed by atoms with van der Waals surface area (Å²) in [6.07, 6.45) is 0.117. The molecule has 1 saturated heterocycles. The fourth-order valence-electron chi connectivity index (χ4n) is 1.44. The lowest BCUT2D eigenvalue weighted by molar-refractivity contribution is -0.172. The fourth-order valence-corrected chi connectivity index (χ4v) is 2.02. The molecule has 0 aliphatic carbocycles. The van der Waals surface area contributed by atoms with Gasteiger partial charge in [0, 0.05) is 22.3 Å². The second-order valence-electron chi connectivity index (χ2n) is 3.58. The number of halogens is 2. The van der Waals surface area contributed by atoms with Crippen molar-refractivity contribution < 1.29 is 19.2 Å². The first-order valence-electron chi connectivity index (χ1n) is 5.02. The van der Waals surface area contributed by atoms with Crippen molar-refractivity contribution >= 4 is 45.3 Å². The fraction of sp³-hybridized carbons (Fsp3) is 0.182. The van der Waals surface area contributed by atoms with Gasteiger partial charge in [-0.2, -0.15) is 0 Å². The van der Waals surface area contributed by atoms with Crippen LogP contribution in [-0.2, 0) is 14.4 Å². The number of hydrogen-bond donors (Lipinski definition) is 0. The largest absolute Gasteiger partial charge is 0.365 e. The van der Waals surface area contributed by atoms with Crippen LogP contribution in [0.25, 0.3) is 0 Å². The van der Waals surface area contributed by atoms with E-state index in [2.05, 4.69) is 15.9 Å². The Kier molecular flexibility index (Phi) is 3.68. The number of carbonyl (C=O) groups is 3. The van der Waals surface area contributed by atoms with E-state index in [1.54, 1.807) is 12.1 Å². The Morgan fingerprint density at radius 3 is 2.50 bits per heavy atom. The summed E-state index contributed by atoms with van der Waals surface area (Å²) in [5.41, 5.74) is 0.148. The highest BCUT2D eigenvalue weighted by atomic mass is 79.9. The van der Waals surface area contributed by atoms with Gasteiger partial charge in [0.2, 0.25) is 0 Å². The molecule has 7 heteroatoms. The quantitative estimate of drug-likeness (QED) is 0.780. The van der Waals surface area contributed by atoms with Crippen molar-refractivity contribution in [1.82, 2.24) is 5.06 Å². The molecule has 0 unspecified atom stereocenters. The molecule has 2 amide bonds. The molecule has 1 aromatic rings. The SMILES string of the molecule is O=C(ON1C(=O)CCC1=O)c1cc(Cl)ccc1Br. The monoisotopic (exact) mass is 331 g/mol. The molecule has 0 aromatic heterocycles. The summed E-state index contributed by atoms with van der Waals surface area (Å²) in [5, 5.41) is 0.847. The van der Waals surface area contributed by atoms with E-state index >= 15 is 0 Å². The number of carbonyl (C=O) groups excluding carboxylic acids is 3. The van der Waals surface area contributed by atoms with E-state index in [0.29, 0.717) is 14.6 Å². The second kappa shape index (κ2) is 5.07. The van der Waals surface area contributed by atoms with Crippen LogP contribution in [0.5, 0.6) is 0 Å². The van der Waals surface area contributed by atoms with Crippen LogP contribution in [0.1, 0.15) is 23.2 Å². The number of nitrogens with zero attached hydrogens (tertiary/aromatic N) is 1. The lowest BCUT2D eigenvalue weighted by atomic mass is 10.2. The zero-order valence-electron chi connectivity index (χ0n) is 8.98. The maximum atomic E-state index is 11.8. The Morgan fingerprint density at radius 1 is 1.28 bits per heavy atom. The number of benzene rings is 1. The topological polar surface area (TPSA) is 63.7 Å². The van der Waals surface area contributed by atoms with Gasteiger partial charge in [-0.15, -0.1) is 5.06 Å². The first-order valence-corrected chi connectivity index (χ1v) is 6.19. The second-order valence-corrected chi connectivity index (χ2v) is 4.88. The molecule has 5 nitrogen and oxygen atoms in total. The summed E-state index contributed by atoms with van der Waals surface area (Å²) >= 11 is 8.92. The Balaban J connectivity index is 2.19. The van der Waals surface area contributed by atoms with E-state index in [9.17, 15) is 14.4 Å². The molecule has 0 atom stereocenters. The predicted molar refractivity (Wildman–Crippen MR) is 65.7 cm³/mol. The van der Waals surface area contributed by atoms with Crippen LogP contribution in [0.2, 0.25) is 5.02 Å². The number of hydroxylamine groups is 2. The molecule has 2 rings (SSSR count). The Hall–Kier alpha value is -1.40. The van der Waals surface area contributed by atoms with E-state index in [0.717, 1.165) is 0 Å². The third-order valence-electron chi connectivity index (χ3n) is 2.33. The summed E-state index contributed by atoms with van der Waals surface area (Å²) < 4.78 is 0.469. The van der Waals surface area contributed by atoms with E-state index < -0.39 is 17.8 Å². The lowest BCUT2D eigenvalue weighted by Crippen LogP contribution is -2.32. The highest BCUT2D eigenvalue weighted by Crippen LogP contribution is 2.23. The first kappa shape index (κ1) is 13.0. The van der Waals surface area contributed by atoms with Gasteiger partial charge in [-0.3, -0.25) is 9.59 Å². The van der Waals surface area contributed by atoms with Crippen molar-refractivity contribution in [3.8, 4) is 0 Å². The van der Waals surface area contributed by atoms with Crippen molar-refractivity contribution in [2.75, 3.05) is 0 Å². The predicted octanol–water partition coefficient (Wildman–Crippen LogP) is 2.32. The summed E-state index contributed by atoms with van der Waals surface area (Å²) in [5.74, 6) is -1.86. The molecule has 0 N–H and O–H groups in total. The Bertz CT molecular complexity index is 530. The van der Waals surface area contributed by atoms with Gasteiger partial charge in [0.1, 0.15) is 0 Å². The molecule has 1 aromatic carbocycles. The molecule has 1 fully saturated rings. The van der Waals surface area contributed by atoms with Gasteiger partial charge in [-0.1, -0.05) is 11.6 Å². The standard InChI is InChI=1S/C11H7BrClNO4/c12-8-2-1-6(13)5-7(8)11(17)18-14-9(15)3-4-10(14)16/h1-2,5H,3-4H2. The normalized spacial score (nSPS) is 15.1. The Morgan fingerprint density at radius 2 is 1.89 bits per heavy atom. The summed E-state index contributed by atoms with van der Waals surface area (Å²) in [4.78, 5) is 39.2. The van der Waals surface area contributed by atoms with Gasteiger partial charge in [-0.25, -0.2) is 4.79 Å². The van der Waals surface area contributed by atoms with E-state index in [-0.39, 0.29) is 18.4 Å². The average Bonchev–Trinajstić information content (AvgIpc) is 2.64. The molecule has 0 spiro atoms. The smallest absolute Gasteiger partial charge is 0.325 e. The number of amides is 2. The molecular weight excluding hydrogens is 325 g/mol. The van der Waals surface area contributed by atoms with Crippen LogP contribution in [-0.4, -0.2) is 22.8 Å². The minimum Gasteiger partial charge on any atom is -0.325 e. The van der Waals surface area contributed by atoms with Crippen LogP contribution in [0.15, 0.2) is 22.7 Å². The van der Waals surface area contributed by atoms with Crippen molar-refractivity contribution in [1.29, 1.82) is 0 Å². The molecule has 1 aliphatic rings. The molecule has 18 heavy (non-hydrogen) atoms. The van der Waals surface area contributed by atoms with Gasteiger partial charge in [-0.05, 0) is 34.1 Å². The van der Waals surface area contributed by atoms with Gasteiger partial charge in [0.25, 0.3) is 11.8 Å². The number of imide groups is 1. The number of rotatable bonds is 2. The molecule has 0 radical (unpaired) electrons. The summed E-state index contributed by atoms with van der Waals surface area (Å²) in [6.45, 7) is 0. The minimum absolute atomic E-state index is 0.0584. The average molecular weight is 333 g/mol. The molecule has 0 saturated carbocycles. The maximum Gasteiger partial charge on any atom is 0.365 e. The third kappa shape index (κ3) is 2.54. The van der Waals surface area contributed by atoms with Gasteiger partial charge in [0.15, 0.2) is 0 Å². The molecule has 1 heterocycles. The molecule has 94 valence electrons. The van der Waals surface area contributed by atoms with E-state index in [1.165, 1.54) is 6.07 Å². The minimum atomic E-state index is -0.812. The van der Waals surface area contributed by atoms with Crippen molar-refractivity contribution in [3.63, 3.8) is 0 Å². The van der Waals surface area contributed by atoms with Crippen molar-refractivity contribution in [2.45, 2.75) is 12.8 Å². The highest BCUT2D eigenvalue weighted by molar-refractivity contribution is 9.10. The zero-order valence-corrected chi connectivity index (χ0v) is 11.3. The van der Waals surface area contributed by atoms with E-state index in [1.807, 2.05) is 0 Å². The lowest BCUT2D eigenvalue weighted by Gasteiger charge is -2.13. The molecular formula is C11H7BrClNO4.